The van der Waals surface area contributed by atoms with Crippen LogP contribution < -0.4 is 15.7 Å². The summed E-state index contributed by atoms with van der Waals surface area (Å²) in [7, 11) is 2.11. The number of phenolic OH excluding ortho intramolecular Hbond substituents is 1. The molecule has 4 aromatic heterocycles. The number of carbonyl (C=O) groups is 1. The fourth-order valence-electron chi connectivity index (χ4n) is 7.24. The van der Waals surface area contributed by atoms with Gasteiger partial charge in [0, 0.05) is 37.1 Å². The first-order chi connectivity index (χ1) is 25.6. The molecule has 0 spiro atoms. The fourth-order valence-corrected chi connectivity index (χ4v) is 9.93. The normalized spacial score (nSPS) is 17.1. The number of aliphatic hydroxyl groups excluding tert-OH is 1. The Balaban J connectivity index is 0.881. The third-order valence-corrected chi connectivity index (χ3v) is 13.0. The van der Waals surface area contributed by atoms with E-state index < -0.39 is 17.7 Å². The van der Waals surface area contributed by atoms with Crippen LogP contribution >= 0.6 is 34.0 Å². The molecule has 1 aliphatic rings. The highest BCUT2D eigenvalue weighted by Crippen LogP contribution is 2.38. The number of ether oxygens (including phenoxy) is 1. The Kier molecular flexibility index (Phi) is 11.3. The van der Waals surface area contributed by atoms with Crippen LogP contribution in [-0.2, 0) is 28.2 Å². The molecule has 53 heavy (non-hydrogen) atoms. The van der Waals surface area contributed by atoms with E-state index in [2.05, 4.69) is 22.2 Å². The summed E-state index contributed by atoms with van der Waals surface area (Å²) in [5.74, 6) is -0.669. The van der Waals surface area contributed by atoms with Crippen molar-refractivity contribution in [3.05, 3.63) is 118 Å². The molecule has 1 atom stereocenters. The number of nitrogens with one attached hydrogen (secondary N) is 2. The van der Waals surface area contributed by atoms with Gasteiger partial charge in [0.25, 0.3) is 0 Å². The van der Waals surface area contributed by atoms with E-state index in [1.54, 1.807) is 24.3 Å². The summed E-state index contributed by atoms with van der Waals surface area (Å²) >= 11 is 3.91. The predicted molar refractivity (Wildman–Crippen MR) is 210 cm³/mol. The number of aliphatic hydroxyl groups is 2. The smallest absolute Gasteiger partial charge is 0.349 e. The number of pyridine rings is 1. The fraction of sp³-hybridized carbons (Fsp3) is 0.359. The summed E-state index contributed by atoms with van der Waals surface area (Å²) in [5.41, 5.74) is 0.663. The van der Waals surface area contributed by atoms with Crippen LogP contribution in [0.3, 0.4) is 0 Å². The number of aromatic nitrogens is 2. The number of carbonyl (C=O) groups excluding carboxylic acids is 1. The zero-order chi connectivity index (χ0) is 37.1. The van der Waals surface area contributed by atoms with Gasteiger partial charge in [0.05, 0.1) is 31.6 Å². The molecule has 11 nitrogen and oxygen atoms in total. The first-order valence-corrected chi connectivity index (χ1v) is 20.3. The highest BCUT2D eigenvalue weighted by Gasteiger charge is 2.45. The van der Waals surface area contributed by atoms with Gasteiger partial charge in [-0.3, -0.25) is 14.2 Å². The van der Waals surface area contributed by atoms with Crippen molar-refractivity contribution >= 4 is 61.1 Å². The van der Waals surface area contributed by atoms with Crippen molar-refractivity contribution in [2.45, 2.75) is 69.0 Å². The third-order valence-electron chi connectivity index (χ3n) is 10.1. The average molecular weight is 775 g/mol. The van der Waals surface area contributed by atoms with Crippen LogP contribution in [0.4, 0.5) is 0 Å². The number of fused-ring (bicyclic) bond motifs is 2. The van der Waals surface area contributed by atoms with Crippen LogP contribution in [0, 0.1) is 0 Å². The van der Waals surface area contributed by atoms with E-state index in [4.69, 9.17) is 4.74 Å². The van der Waals surface area contributed by atoms with Gasteiger partial charge in [-0.2, -0.15) is 0 Å². The monoisotopic (exact) mass is 774 g/mol. The maximum absolute atomic E-state index is 13.4. The van der Waals surface area contributed by atoms with Crippen LogP contribution in [0.15, 0.2) is 87.1 Å². The van der Waals surface area contributed by atoms with Gasteiger partial charge >= 0.3 is 10.8 Å². The highest BCUT2D eigenvalue weighted by molar-refractivity contribution is 7.16. The largest absolute Gasteiger partial charge is 0.506 e. The summed E-state index contributed by atoms with van der Waals surface area (Å²) in [6.07, 6.45) is 2.92. The Hall–Kier alpha value is -4.15. The van der Waals surface area contributed by atoms with Crippen molar-refractivity contribution in [1.82, 2.24) is 19.8 Å². The molecule has 4 heterocycles. The number of thiazole rings is 1. The summed E-state index contributed by atoms with van der Waals surface area (Å²) in [5, 5.41) is 40.2. The Labute approximate surface area is 317 Å². The maximum Gasteiger partial charge on any atom is 0.349 e. The summed E-state index contributed by atoms with van der Waals surface area (Å²) < 4.78 is 8.69. The summed E-state index contributed by atoms with van der Waals surface area (Å²) in [4.78, 5) is 44.2. The van der Waals surface area contributed by atoms with Crippen molar-refractivity contribution in [3.8, 4) is 5.75 Å². The Morgan fingerprint density at radius 3 is 2.47 bits per heavy atom. The van der Waals surface area contributed by atoms with E-state index in [1.165, 1.54) is 46.1 Å². The van der Waals surface area contributed by atoms with Crippen LogP contribution in [0.25, 0.3) is 21.1 Å². The Morgan fingerprint density at radius 2 is 1.77 bits per heavy atom. The number of nitrogens with zero attached hydrogens (tertiary/aromatic N) is 2. The van der Waals surface area contributed by atoms with Gasteiger partial charge in [-0.15, -0.1) is 22.7 Å². The minimum absolute atomic E-state index is 0.00724. The molecule has 5 N–H and O–H groups in total. The molecule has 0 amide bonds. The van der Waals surface area contributed by atoms with Gasteiger partial charge in [0.2, 0.25) is 11.2 Å². The number of aryl methyl sites for hydroxylation is 1. The number of esters is 1. The van der Waals surface area contributed by atoms with E-state index in [9.17, 15) is 29.7 Å². The van der Waals surface area contributed by atoms with Crippen LogP contribution in [0.2, 0.25) is 0 Å². The van der Waals surface area contributed by atoms with Crippen LogP contribution in [0.5, 0.6) is 5.75 Å². The van der Waals surface area contributed by atoms with E-state index in [1.807, 2.05) is 45.7 Å². The summed E-state index contributed by atoms with van der Waals surface area (Å²) in [6, 6.07) is 19.6. The van der Waals surface area contributed by atoms with Crippen molar-refractivity contribution in [3.63, 3.8) is 0 Å². The molecule has 6 aromatic rings. The number of hydrogen-bond donors (Lipinski definition) is 5. The molecule has 1 aliphatic carbocycles. The van der Waals surface area contributed by atoms with Crippen LogP contribution in [-0.4, -0.2) is 68.0 Å². The van der Waals surface area contributed by atoms with E-state index in [-0.39, 0.29) is 28.8 Å². The lowest BCUT2D eigenvalue weighted by molar-refractivity contribution is -0.169. The van der Waals surface area contributed by atoms with E-state index >= 15 is 0 Å². The molecule has 2 aromatic carbocycles. The molecule has 0 radical (unpaired) electrons. The van der Waals surface area contributed by atoms with Crippen molar-refractivity contribution in [2.75, 3.05) is 20.1 Å². The van der Waals surface area contributed by atoms with Gasteiger partial charge in [0.1, 0.15) is 11.9 Å². The highest BCUT2D eigenvalue weighted by atomic mass is 32.1. The zero-order valence-electron chi connectivity index (χ0n) is 29.2. The molecule has 7 rings (SSSR count). The van der Waals surface area contributed by atoms with Crippen molar-refractivity contribution in [1.29, 1.82) is 0 Å². The lowest BCUT2D eigenvalue weighted by Crippen LogP contribution is -2.42. The molecular weight excluding hydrogens is 733 g/mol. The number of thiophene rings is 2. The zero-order valence-corrected chi connectivity index (χ0v) is 31.6. The van der Waals surface area contributed by atoms with E-state index in [0.717, 1.165) is 54.4 Å². The topological polar surface area (TPSA) is 157 Å². The molecule has 0 saturated heterocycles. The Morgan fingerprint density at radius 1 is 1.04 bits per heavy atom. The van der Waals surface area contributed by atoms with Crippen molar-refractivity contribution < 1.29 is 24.9 Å². The van der Waals surface area contributed by atoms with Gasteiger partial charge in [-0.05, 0) is 104 Å². The lowest BCUT2D eigenvalue weighted by atomic mass is 9.91. The second-order valence-corrected chi connectivity index (χ2v) is 16.5. The first kappa shape index (κ1) is 37.2. The minimum Gasteiger partial charge on any atom is -0.506 e. The van der Waals surface area contributed by atoms with Gasteiger partial charge in [0.15, 0.2) is 0 Å². The van der Waals surface area contributed by atoms with Crippen LogP contribution in [0.1, 0.15) is 59.1 Å². The van der Waals surface area contributed by atoms with Gasteiger partial charge in [-0.25, -0.2) is 4.79 Å². The molecule has 1 fully saturated rings. The third kappa shape index (κ3) is 7.90. The number of aromatic amines is 1. The second kappa shape index (κ2) is 16.1. The molecular formula is C39H42N4O7S3. The minimum atomic E-state index is -1.79. The lowest BCUT2D eigenvalue weighted by Gasteiger charge is -2.35. The number of benzene rings is 2. The molecule has 0 aliphatic heterocycles. The number of hydrogen-bond acceptors (Lipinski definition) is 12. The van der Waals surface area contributed by atoms with Crippen molar-refractivity contribution in [2.24, 2.45) is 0 Å². The Bertz CT molecular complexity index is 2260. The predicted octanol–water partition coefficient (Wildman–Crippen LogP) is 5.67. The van der Waals surface area contributed by atoms with Gasteiger partial charge in [-0.1, -0.05) is 35.6 Å². The second-order valence-electron chi connectivity index (χ2n) is 13.6. The number of aromatic hydroxyl groups is 1. The molecule has 1 unspecified atom stereocenters. The molecule has 278 valence electrons. The standard InChI is InChI=1S/C39H42N4O7S3/c1-42(25-8-10-26(11-9-25)50-37(47)39(49,33-5-2-19-51-33)34-6-3-20-52-34)17-4-18-43-29-14-7-24(21-32(29)53-38(43)48)22-40-23-31(45)27-12-15-30(44)36-28(27)13-16-35(46)41-36/h2-3,5-7,12-16,19-21,25-26,31,40,44-45,49H,4,8-11,17-18,22-23H2,1H3,(H,41,46). The first-order valence-electron chi connectivity index (χ1n) is 17.7. The summed E-state index contributed by atoms with van der Waals surface area (Å²) in [6.45, 7) is 2.17. The van der Waals surface area contributed by atoms with Gasteiger partial charge < -0.3 is 35.3 Å². The number of phenols is 1. The average Bonchev–Trinajstić information content (AvgIpc) is 3.95. The molecule has 0 bridgehead atoms. The van der Waals surface area contributed by atoms with E-state index in [0.29, 0.717) is 45.4 Å². The maximum atomic E-state index is 13.4. The SMILES string of the molecule is CN(CCCn1c(=O)sc2cc(CNCC(O)c3ccc(O)c4[nH]c(=O)ccc34)ccc21)C1CCC(OC(=O)C(O)(c2cccs2)c2cccs2)CC1. The number of H-pyrrole nitrogens is 1. The molecule has 14 heteroatoms. The quantitative estimate of drug-likeness (QED) is 0.0881. The molecule has 1 saturated carbocycles. The number of rotatable bonds is 14.